The first kappa shape index (κ1) is 21.0. The maximum Gasteiger partial charge on any atom is 0.534 e. The van der Waals surface area contributed by atoms with Crippen molar-refractivity contribution in [3.05, 3.63) is 29.8 Å². The minimum atomic E-state index is -5.71. The second-order valence-electron chi connectivity index (χ2n) is 6.81. The van der Waals surface area contributed by atoms with Gasteiger partial charge in [0.15, 0.2) is 0 Å². The number of alkyl halides is 3. The summed E-state index contributed by atoms with van der Waals surface area (Å²) in [5.41, 5.74) is -5.54. The molecule has 5 nitrogen and oxygen atoms in total. The monoisotopic (exact) mass is 395 g/mol. The summed E-state index contributed by atoms with van der Waals surface area (Å²) < 4.78 is 70.5. The van der Waals surface area contributed by atoms with Gasteiger partial charge in [-0.05, 0) is 44.6 Å². The zero-order chi connectivity index (χ0) is 19.6. The molecule has 9 heteroatoms. The van der Waals surface area contributed by atoms with Crippen LogP contribution in [0.2, 0.25) is 0 Å². The lowest BCUT2D eigenvalue weighted by Crippen LogP contribution is -2.44. The second kappa shape index (κ2) is 7.74. The number of benzene rings is 1. The highest BCUT2D eigenvalue weighted by Crippen LogP contribution is 2.45. The molecule has 2 unspecified atom stereocenters. The van der Waals surface area contributed by atoms with Gasteiger partial charge in [-0.3, -0.25) is 0 Å². The molecule has 1 aliphatic rings. The molecule has 1 aromatic rings. The quantitative estimate of drug-likeness (QED) is 0.545. The highest BCUT2D eigenvalue weighted by Gasteiger charge is 2.49. The van der Waals surface area contributed by atoms with Crippen LogP contribution < -0.4 is 4.18 Å². The van der Waals surface area contributed by atoms with Crippen molar-refractivity contribution in [1.82, 2.24) is 4.90 Å². The van der Waals surface area contributed by atoms with Crippen molar-refractivity contribution in [1.29, 1.82) is 0 Å². The van der Waals surface area contributed by atoms with Gasteiger partial charge in [0.2, 0.25) is 0 Å². The molecular formula is C17H24F3NO4S. The Kier molecular flexibility index (Phi) is 6.24. The number of rotatable bonds is 6. The van der Waals surface area contributed by atoms with Crippen LogP contribution in [0, 0.1) is 5.92 Å². The van der Waals surface area contributed by atoms with Gasteiger partial charge in [0.1, 0.15) is 5.75 Å². The topological polar surface area (TPSA) is 55.8 Å². The van der Waals surface area contributed by atoms with E-state index in [9.17, 15) is 21.6 Å². The lowest BCUT2D eigenvalue weighted by molar-refractivity contribution is -0.0952. The number of halogens is 3. The molecule has 148 valence electrons. The van der Waals surface area contributed by atoms with Crippen LogP contribution in [0.15, 0.2) is 24.3 Å². The van der Waals surface area contributed by atoms with E-state index in [0.29, 0.717) is 12.0 Å². The summed E-state index contributed by atoms with van der Waals surface area (Å²) in [4.78, 5) is 2.04. The van der Waals surface area contributed by atoms with Crippen LogP contribution in [0.1, 0.15) is 31.2 Å². The molecule has 0 bridgehead atoms. The van der Waals surface area contributed by atoms with Crippen molar-refractivity contribution < 1.29 is 30.5 Å². The second-order valence-corrected chi connectivity index (χ2v) is 8.35. The molecule has 2 rings (SSSR count). The van der Waals surface area contributed by atoms with Gasteiger partial charge in [-0.25, -0.2) is 0 Å². The molecule has 1 aliphatic carbocycles. The van der Waals surface area contributed by atoms with E-state index in [1.807, 2.05) is 19.0 Å². The van der Waals surface area contributed by atoms with E-state index >= 15 is 0 Å². The lowest BCUT2D eigenvalue weighted by Gasteiger charge is -2.44. The van der Waals surface area contributed by atoms with Crippen LogP contribution in [0.3, 0.4) is 0 Å². The molecule has 0 N–H and O–H groups in total. The third-order valence-corrected chi connectivity index (χ3v) is 5.75. The molecule has 0 saturated heterocycles. The van der Waals surface area contributed by atoms with Crippen LogP contribution in [0.25, 0.3) is 0 Å². The van der Waals surface area contributed by atoms with Crippen molar-refractivity contribution in [3.63, 3.8) is 0 Å². The molecule has 2 atom stereocenters. The summed E-state index contributed by atoms with van der Waals surface area (Å²) in [5, 5.41) is 0. The standard InChI is InChI=1S/C17H24F3NO4S/c1-21(2)12-14-7-4-5-10-16(14,24-3)13-8-6-9-15(11-13)25-26(22,23)17(18,19)20/h6,8-9,11,14H,4-5,7,10,12H2,1-3H3. The average Bonchev–Trinajstić information content (AvgIpc) is 2.54. The molecule has 26 heavy (non-hydrogen) atoms. The molecule has 0 radical (unpaired) electrons. The first-order chi connectivity index (χ1) is 12.0. The summed E-state index contributed by atoms with van der Waals surface area (Å²) >= 11 is 0. The van der Waals surface area contributed by atoms with Gasteiger partial charge < -0.3 is 13.8 Å². The fourth-order valence-electron chi connectivity index (χ4n) is 3.65. The van der Waals surface area contributed by atoms with E-state index in [4.69, 9.17) is 4.74 Å². The van der Waals surface area contributed by atoms with Crippen molar-refractivity contribution in [3.8, 4) is 5.75 Å². The Hall–Kier alpha value is -1.32. The summed E-state index contributed by atoms with van der Waals surface area (Å²) in [6.45, 7) is 0.750. The first-order valence-corrected chi connectivity index (χ1v) is 9.74. The Morgan fingerprint density at radius 3 is 2.54 bits per heavy atom. The molecule has 0 aliphatic heterocycles. The van der Waals surface area contributed by atoms with E-state index in [2.05, 4.69) is 4.18 Å². The van der Waals surface area contributed by atoms with Gasteiger partial charge in [0.25, 0.3) is 0 Å². The minimum Gasteiger partial charge on any atom is -0.376 e. The van der Waals surface area contributed by atoms with Crippen LogP contribution in [-0.2, 0) is 20.5 Å². The third-order valence-electron chi connectivity index (χ3n) is 4.77. The molecule has 1 saturated carbocycles. The highest BCUT2D eigenvalue weighted by atomic mass is 32.2. The number of nitrogens with zero attached hydrogens (tertiary/aromatic N) is 1. The molecule has 0 heterocycles. The summed E-state index contributed by atoms with van der Waals surface area (Å²) in [5.74, 6) is -0.240. The normalized spacial score (nSPS) is 24.7. The predicted octanol–water partition coefficient (Wildman–Crippen LogP) is 3.51. The average molecular weight is 395 g/mol. The fourth-order valence-corrected chi connectivity index (χ4v) is 4.10. The third kappa shape index (κ3) is 4.32. The van der Waals surface area contributed by atoms with Gasteiger partial charge in [-0.2, -0.15) is 21.6 Å². The number of ether oxygens (including phenoxy) is 1. The van der Waals surface area contributed by atoms with E-state index in [1.54, 1.807) is 13.2 Å². The van der Waals surface area contributed by atoms with Gasteiger partial charge >= 0.3 is 15.6 Å². The Morgan fingerprint density at radius 1 is 1.27 bits per heavy atom. The minimum absolute atomic E-state index is 0.130. The maximum atomic E-state index is 12.6. The Labute approximate surface area is 152 Å². The van der Waals surface area contributed by atoms with E-state index in [1.165, 1.54) is 18.2 Å². The molecular weight excluding hydrogens is 371 g/mol. The summed E-state index contributed by atoms with van der Waals surface area (Å²) in [6.07, 6.45) is 3.58. The smallest absolute Gasteiger partial charge is 0.376 e. The van der Waals surface area contributed by atoms with Crippen molar-refractivity contribution in [2.24, 2.45) is 5.92 Å². The Morgan fingerprint density at radius 2 is 1.96 bits per heavy atom. The van der Waals surface area contributed by atoms with Gasteiger partial charge in [-0.15, -0.1) is 0 Å². The van der Waals surface area contributed by atoms with Gasteiger partial charge in [0, 0.05) is 19.6 Å². The molecule has 0 spiro atoms. The van der Waals surface area contributed by atoms with Crippen molar-refractivity contribution >= 4 is 10.1 Å². The predicted molar refractivity (Wildman–Crippen MR) is 91.2 cm³/mol. The number of hydrogen-bond acceptors (Lipinski definition) is 5. The number of methoxy groups -OCH3 is 1. The summed E-state index contributed by atoms with van der Waals surface area (Å²) in [7, 11) is -0.231. The molecule has 0 amide bonds. The van der Waals surface area contributed by atoms with E-state index in [-0.39, 0.29) is 11.7 Å². The first-order valence-electron chi connectivity index (χ1n) is 8.33. The SMILES string of the molecule is COC1(c2cccc(OS(=O)(=O)C(F)(F)F)c2)CCCCC1CN(C)C. The zero-order valence-electron chi connectivity index (χ0n) is 15.0. The van der Waals surface area contributed by atoms with Gasteiger partial charge in [-0.1, -0.05) is 25.0 Å². The van der Waals surface area contributed by atoms with Crippen LogP contribution >= 0.6 is 0 Å². The van der Waals surface area contributed by atoms with Crippen LogP contribution in [0.4, 0.5) is 13.2 Å². The largest absolute Gasteiger partial charge is 0.534 e. The molecule has 1 fully saturated rings. The van der Waals surface area contributed by atoms with Crippen LogP contribution in [-0.4, -0.2) is 46.6 Å². The Bertz CT molecular complexity index is 721. The highest BCUT2D eigenvalue weighted by molar-refractivity contribution is 7.88. The summed E-state index contributed by atoms with van der Waals surface area (Å²) in [6, 6.07) is 5.75. The lowest BCUT2D eigenvalue weighted by atomic mass is 9.71. The zero-order valence-corrected chi connectivity index (χ0v) is 15.9. The van der Waals surface area contributed by atoms with Crippen molar-refractivity contribution in [2.45, 2.75) is 36.8 Å². The maximum absolute atomic E-state index is 12.6. The fraction of sp³-hybridized carbons (Fsp3) is 0.647. The molecule has 0 aromatic heterocycles. The van der Waals surface area contributed by atoms with Crippen LogP contribution in [0.5, 0.6) is 5.75 Å². The van der Waals surface area contributed by atoms with E-state index < -0.39 is 21.2 Å². The number of hydrogen-bond donors (Lipinski definition) is 0. The van der Waals surface area contributed by atoms with Gasteiger partial charge in [0.05, 0.1) is 5.60 Å². The Balaban J connectivity index is 2.39. The van der Waals surface area contributed by atoms with E-state index in [0.717, 1.165) is 25.8 Å². The molecule has 1 aromatic carbocycles. The van der Waals surface area contributed by atoms with Crippen molar-refractivity contribution in [2.75, 3.05) is 27.7 Å².